The SMILES string of the molecule is CCC[C@@]1(CO)CN(C2CCN(c3ccc(F)cc3C)CC2)CC[C@@H]1O. The van der Waals surface area contributed by atoms with Gasteiger partial charge < -0.3 is 15.1 Å². The van der Waals surface area contributed by atoms with Gasteiger partial charge in [-0.3, -0.25) is 4.90 Å². The molecule has 1 aromatic carbocycles. The third-order valence-corrected chi connectivity index (χ3v) is 6.46. The van der Waals surface area contributed by atoms with Gasteiger partial charge in [-0.2, -0.15) is 0 Å². The summed E-state index contributed by atoms with van der Waals surface area (Å²) in [5.74, 6) is -0.177. The van der Waals surface area contributed by atoms with Crippen molar-refractivity contribution >= 4 is 5.69 Å². The molecule has 26 heavy (non-hydrogen) atoms. The number of hydrogen-bond donors (Lipinski definition) is 2. The third kappa shape index (κ3) is 3.90. The lowest BCUT2D eigenvalue weighted by molar-refractivity contribution is -0.0911. The van der Waals surface area contributed by atoms with Crippen LogP contribution in [0.25, 0.3) is 0 Å². The first-order valence-electron chi connectivity index (χ1n) is 10.0. The molecule has 2 aliphatic heterocycles. The van der Waals surface area contributed by atoms with Crippen molar-refractivity contribution < 1.29 is 14.6 Å². The van der Waals surface area contributed by atoms with Crippen molar-refractivity contribution in [2.75, 3.05) is 37.7 Å². The topological polar surface area (TPSA) is 46.9 Å². The van der Waals surface area contributed by atoms with Crippen LogP contribution < -0.4 is 4.90 Å². The number of aliphatic hydroxyl groups is 2. The van der Waals surface area contributed by atoms with Crippen LogP contribution in [0.3, 0.4) is 0 Å². The van der Waals surface area contributed by atoms with Crippen molar-refractivity contribution in [2.24, 2.45) is 5.41 Å². The van der Waals surface area contributed by atoms with Gasteiger partial charge in [0.25, 0.3) is 0 Å². The maximum absolute atomic E-state index is 13.4. The Balaban J connectivity index is 1.62. The van der Waals surface area contributed by atoms with Crippen molar-refractivity contribution in [1.82, 2.24) is 4.90 Å². The highest BCUT2D eigenvalue weighted by Gasteiger charge is 2.43. The summed E-state index contributed by atoms with van der Waals surface area (Å²) >= 11 is 0. The quantitative estimate of drug-likeness (QED) is 0.843. The Morgan fingerprint density at radius 2 is 1.92 bits per heavy atom. The largest absolute Gasteiger partial charge is 0.396 e. The van der Waals surface area contributed by atoms with Crippen LogP contribution in [0.1, 0.15) is 44.6 Å². The number of benzene rings is 1. The van der Waals surface area contributed by atoms with E-state index in [4.69, 9.17) is 0 Å². The maximum Gasteiger partial charge on any atom is 0.123 e. The molecule has 3 rings (SSSR count). The van der Waals surface area contributed by atoms with Gasteiger partial charge >= 0.3 is 0 Å². The highest BCUT2D eigenvalue weighted by atomic mass is 19.1. The maximum atomic E-state index is 13.4. The minimum absolute atomic E-state index is 0.0616. The average Bonchev–Trinajstić information content (AvgIpc) is 2.64. The second-order valence-electron chi connectivity index (χ2n) is 8.19. The number of halogens is 1. The zero-order valence-corrected chi connectivity index (χ0v) is 16.1. The summed E-state index contributed by atoms with van der Waals surface area (Å²) in [4.78, 5) is 4.85. The Hall–Kier alpha value is -1.17. The van der Waals surface area contributed by atoms with Gasteiger partial charge in [-0.05, 0) is 56.4 Å². The summed E-state index contributed by atoms with van der Waals surface area (Å²) in [6, 6.07) is 5.54. The van der Waals surface area contributed by atoms with Gasteiger partial charge in [-0.15, -0.1) is 0 Å². The van der Waals surface area contributed by atoms with Gasteiger partial charge in [0.2, 0.25) is 0 Å². The van der Waals surface area contributed by atoms with Crippen LogP contribution >= 0.6 is 0 Å². The Kier molecular flexibility index (Phi) is 6.21. The van der Waals surface area contributed by atoms with Crippen molar-refractivity contribution in [1.29, 1.82) is 0 Å². The zero-order chi connectivity index (χ0) is 18.7. The van der Waals surface area contributed by atoms with E-state index in [9.17, 15) is 14.6 Å². The predicted molar refractivity (Wildman–Crippen MR) is 103 cm³/mol. The van der Waals surface area contributed by atoms with E-state index in [2.05, 4.69) is 16.7 Å². The van der Waals surface area contributed by atoms with E-state index >= 15 is 0 Å². The molecule has 0 unspecified atom stereocenters. The molecule has 1 aromatic rings. The van der Waals surface area contributed by atoms with Gasteiger partial charge in [0.1, 0.15) is 5.82 Å². The van der Waals surface area contributed by atoms with Gasteiger partial charge in [0, 0.05) is 43.3 Å². The molecular weight excluding hydrogens is 331 g/mol. The number of hydrogen-bond acceptors (Lipinski definition) is 4. The summed E-state index contributed by atoms with van der Waals surface area (Å²) in [5, 5.41) is 20.5. The summed E-state index contributed by atoms with van der Waals surface area (Å²) < 4.78 is 13.4. The lowest BCUT2D eigenvalue weighted by Crippen LogP contribution is -2.57. The van der Waals surface area contributed by atoms with E-state index in [1.54, 1.807) is 12.1 Å². The Morgan fingerprint density at radius 3 is 2.54 bits per heavy atom. The van der Waals surface area contributed by atoms with E-state index in [1.165, 1.54) is 0 Å². The van der Waals surface area contributed by atoms with E-state index in [-0.39, 0.29) is 17.8 Å². The second-order valence-corrected chi connectivity index (χ2v) is 8.19. The smallest absolute Gasteiger partial charge is 0.123 e. The molecule has 146 valence electrons. The molecule has 0 saturated carbocycles. The molecule has 2 atom stereocenters. The number of likely N-dealkylation sites (tertiary alicyclic amines) is 1. The fourth-order valence-corrected chi connectivity index (χ4v) is 4.92. The molecule has 0 radical (unpaired) electrons. The van der Waals surface area contributed by atoms with E-state index in [0.717, 1.165) is 69.5 Å². The van der Waals surface area contributed by atoms with Crippen molar-refractivity contribution in [3.63, 3.8) is 0 Å². The zero-order valence-electron chi connectivity index (χ0n) is 16.1. The number of rotatable bonds is 5. The highest BCUT2D eigenvalue weighted by Crippen LogP contribution is 2.37. The highest BCUT2D eigenvalue weighted by molar-refractivity contribution is 5.53. The van der Waals surface area contributed by atoms with Crippen LogP contribution in [0.5, 0.6) is 0 Å². The fourth-order valence-electron chi connectivity index (χ4n) is 4.92. The summed E-state index contributed by atoms with van der Waals surface area (Å²) in [6.45, 7) is 7.79. The number of piperidine rings is 2. The van der Waals surface area contributed by atoms with Crippen LogP contribution in [-0.4, -0.2) is 60.0 Å². The molecule has 0 spiro atoms. The van der Waals surface area contributed by atoms with E-state index in [0.29, 0.717) is 6.04 Å². The molecule has 0 aromatic heterocycles. The Morgan fingerprint density at radius 1 is 1.19 bits per heavy atom. The van der Waals surface area contributed by atoms with Crippen molar-refractivity contribution in [3.8, 4) is 0 Å². The van der Waals surface area contributed by atoms with Gasteiger partial charge in [-0.25, -0.2) is 4.39 Å². The van der Waals surface area contributed by atoms with Crippen LogP contribution in [-0.2, 0) is 0 Å². The second kappa shape index (κ2) is 8.24. The lowest BCUT2D eigenvalue weighted by atomic mass is 9.74. The number of anilines is 1. The molecule has 0 amide bonds. The Labute approximate surface area is 156 Å². The summed E-state index contributed by atoms with van der Waals surface area (Å²) in [7, 11) is 0. The first-order valence-corrected chi connectivity index (χ1v) is 10.0. The van der Waals surface area contributed by atoms with Crippen LogP contribution in [0.15, 0.2) is 18.2 Å². The molecule has 0 aliphatic carbocycles. The van der Waals surface area contributed by atoms with Gasteiger partial charge in [0.15, 0.2) is 0 Å². The normalized spacial score (nSPS) is 28.5. The minimum atomic E-state index is -0.398. The standard InChI is InChI=1S/C21H33FN2O2/c1-3-9-21(15-25)14-24(12-8-20(21)26)18-6-10-23(11-7-18)19-5-4-17(22)13-16(19)2/h4-5,13,18,20,25-26H,3,6-12,14-15H2,1-2H3/t20-,21-/m0/s1. The van der Waals surface area contributed by atoms with Crippen molar-refractivity contribution in [2.45, 2.75) is 58.1 Å². The van der Waals surface area contributed by atoms with E-state index in [1.807, 2.05) is 13.0 Å². The van der Waals surface area contributed by atoms with Gasteiger partial charge in [0.05, 0.1) is 12.7 Å². The number of aryl methyl sites for hydroxylation is 1. The molecule has 2 heterocycles. The molecule has 4 nitrogen and oxygen atoms in total. The first kappa shape index (κ1) is 19.6. The third-order valence-electron chi connectivity index (χ3n) is 6.46. The van der Waals surface area contributed by atoms with Crippen LogP contribution in [0.4, 0.5) is 10.1 Å². The average molecular weight is 365 g/mol. The Bertz CT molecular complexity index is 604. The summed E-state index contributed by atoms with van der Waals surface area (Å²) in [5.41, 5.74) is 1.76. The van der Waals surface area contributed by atoms with Crippen LogP contribution in [0.2, 0.25) is 0 Å². The molecule has 5 heteroatoms. The van der Waals surface area contributed by atoms with Gasteiger partial charge in [-0.1, -0.05) is 13.3 Å². The molecule has 2 saturated heterocycles. The molecule has 0 bridgehead atoms. The monoisotopic (exact) mass is 364 g/mol. The molecule has 2 fully saturated rings. The molecule has 2 aliphatic rings. The lowest BCUT2D eigenvalue weighted by Gasteiger charge is -2.49. The van der Waals surface area contributed by atoms with Crippen LogP contribution in [0, 0.1) is 18.2 Å². The molecule has 2 N–H and O–H groups in total. The molecular formula is C21H33FN2O2. The number of nitrogens with zero attached hydrogens (tertiary/aromatic N) is 2. The first-order chi connectivity index (χ1) is 12.5. The van der Waals surface area contributed by atoms with Crippen molar-refractivity contribution in [3.05, 3.63) is 29.6 Å². The minimum Gasteiger partial charge on any atom is -0.396 e. The predicted octanol–water partition coefficient (Wildman–Crippen LogP) is 2.95. The summed E-state index contributed by atoms with van der Waals surface area (Å²) in [6.07, 6.45) is 4.34. The fraction of sp³-hybridized carbons (Fsp3) is 0.714. The van der Waals surface area contributed by atoms with E-state index < -0.39 is 6.10 Å². The number of aliphatic hydroxyl groups excluding tert-OH is 2.